The number of para-hydroxylation sites is 1. The average Bonchev–Trinajstić information content (AvgIpc) is 3.10. The Hall–Kier alpha value is -2.45. The van der Waals surface area contributed by atoms with Gasteiger partial charge in [0.05, 0.1) is 5.52 Å². The number of likely N-dealkylation sites (tertiary alicyclic amines) is 1. The van der Waals surface area contributed by atoms with Crippen LogP contribution in [0.15, 0.2) is 72.9 Å². The second-order valence-corrected chi connectivity index (χ2v) is 7.66. The minimum atomic E-state index is 0.668. The molecule has 1 fully saturated rings. The van der Waals surface area contributed by atoms with Gasteiger partial charge >= 0.3 is 0 Å². The van der Waals surface area contributed by atoms with E-state index >= 15 is 0 Å². The first-order chi connectivity index (χ1) is 12.9. The quantitative estimate of drug-likeness (QED) is 0.643. The molecule has 2 unspecified atom stereocenters. The van der Waals surface area contributed by atoms with E-state index in [1.54, 1.807) is 0 Å². The van der Waals surface area contributed by atoms with Crippen molar-refractivity contribution >= 4 is 16.5 Å². The van der Waals surface area contributed by atoms with Crippen LogP contribution in [-0.2, 0) is 6.54 Å². The standard InChI is InChI=1S/C24H24N2/c1-2-6-18(7-3-1)17-26-13-12-19-10-11-20(15-24(19)26)22-14-21-8-4-5-9-23(21)25-16-22/h1-9,11,14,16,19,24H,10,12-13,15,17H2. The molecule has 0 bridgehead atoms. The highest BCUT2D eigenvalue weighted by Crippen LogP contribution is 2.39. The van der Waals surface area contributed by atoms with Crippen LogP contribution in [0.2, 0.25) is 0 Å². The molecule has 0 amide bonds. The third-order valence-electron chi connectivity index (χ3n) is 6.09. The fraction of sp³-hybridized carbons (Fsp3) is 0.292. The Morgan fingerprint density at radius 1 is 1.00 bits per heavy atom. The van der Waals surface area contributed by atoms with Crippen molar-refractivity contribution in [2.24, 2.45) is 5.92 Å². The maximum Gasteiger partial charge on any atom is 0.0702 e. The van der Waals surface area contributed by atoms with Crippen LogP contribution in [0.3, 0.4) is 0 Å². The molecule has 1 aliphatic carbocycles. The van der Waals surface area contributed by atoms with Crippen LogP contribution in [0.25, 0.3) is 16.5 Å². The normalized spacial score (nSPS) is 23.0. The number of aromatic nitrogens is 1. The van der Waals surface area contributed by atoms with Crippen LogP contribution in [0.4, 0.5) is 0 Å². The molecule has 2 heteroatoms. The fourth-order valence-electron chi connectivity index (χ4n) is 4.66. The summed E-state index contributed by atoms with van der Waals surface area (Å²) in [6.07, 6.45) is 8.22. The smallest absolute Gasteiger partial charge is 0.0702 e. The van der Waals surface area contributed by atoms with Crippen molar-refractivity contribution in [3.8, 4) is 0 Å². The average molecular weight is 340 g/mol. The van der Waals surface area contributed by atoms with Gasteiger partial charge in [-0.1, -0.05) is 54.6 Å². The third-order valence-corrected chi connectivity index (χ3v) is 6.09. The van der Waals surface area contributed by atoms with Gasteiger partial charge in [-0.2, -0.15) is 0 Å². The summed E-state index contributed by atoms with van der Waals surface area (Å²) < 4.78 is 0. The summed E-state index contributed by atoms with van der Waals surface area (Å²) in [4.78, 5) is 7.37. The van der Waals surface area contributed by atoms with Gasteiger partial charge in [0.2, 0.25) is 0 Å². The summed E-state index contributed by atoms with van der Waals surface area (Å²) in [5.41, 5.74) is 5.28. The number of benzene rings is 2. The van der Waals surface area contributed by atoms with Gasteiger partial charge in [-0.05, 0) is 60.6 Å². The molecule has 2 aliphatic rings. The summed E-state index contributed by atoms with van der Waals surface area (Å²) in [5, 5.41) is 1.24. The van der Waals surface area contributed by atoms with Crippen molar-refractivity contribution in [3.63, 3.8) is 0 Å². The van der Waals surface area contributed by atoms with E-state index in [1.807, 2.05) is 0 Å². The van der Waals surface area contributed by atoms with Gasteiger partial charge in [0.25, 0.3) is 0 Å². The lowest BCUT2D eigenvalue weighted by molar-refractivity contribution is 0.217. The largest absolute Gasteiger partial charge is 0.296 e. The molecule has 130 valence electrons. The molecule has 0 spiro atoms. The summed E-state index contributed by atoms with van der Waals surface area (Å²) in [6, 6.07) is 22.3. The summed E-state index contributed by atoms with van der Waals surface area (Å²) in [7, 11) is 0. The minimum Gasteiger partial charge on any atom is -0.296 e. The van der Waals surface area contributed by atoms with Crippen molar-refractivity contribution in [1.29, 1.82) is 0 Å². The fourth-order valence-corrected chi connectivity index (χ4v) is 4.66. The lowest BCUT2D eigenvalue weighted by atomic mass is 9.83. The van der Waals surface area contributed by atoms with Gasteiger partial charge in [-0.25, -0.2) is 0 Å². The molecule has 2 atom stereocenters. The first-order valence-electron chi connectivity index (χ1n) is 9.69. The lowest BCUT2D eigenvalue weighted by Crippen LogP contribution is -2.34. The highest BCUT2D eigenvalue weighted by atomic mass is 15.2. The van der Waals surface area contributed by atoms with E-state index in [4.69, 9.17) is 0 Å². The summed E-state index contributed by atoms with van der Waals surface area (Å²) in [5.74, 6) is 0.816. The van der Waals surface area contributed by atoms with Crippen LogP contribution in [0.5, 0.6) is 0 Å². The Morgan fingerprint density at radius 2 is 1.85 bits per heavy atom. The molecule has 1 saturated heterocycles. The summed E-state index contributed by atoms with van der Waals surface area (Å²) >= 11 is 0. The van der Waals surface area contributed by atoms with Gasteiger partial charge in [0, 0.05) is 24.2 Å². The van der Waals surface area contributed by atoms with E-state index in [1.165, 1.54) is 41.5 Å². The number of rotatable bonds is 3. The van der Waals surface area contributed by atoms with Crippen LogP contribution in [-0.4, -0.2) is 22.5 Å². The van der Waals surface area contributed by atoms with Crippen molar-refractivity contribution < 1.29 is 0 Å². The number of allylic oxidation sites excluding steroid dienone is 1. The van der Waals surface area contributed by atoms with Gasteiger partial charge in [-0.15, -0.1) is 0 Å². The molecular weight excluding hydrogens is 316 g/mol. The first-order valence-corrected chi connectivity index (χ1v) is 9.69. The van der Waals surface area contributed by atoms with Gasteiger partial charge in [0.15, 0.2) is 0 Å². The van der Waals surface area contributed by atoms with Crippen molar-refractivity contribution in [2.45, 2.75) is 31.8 Å². The molecule has 0 N–H and O–H groups in total. The maximum atomic E-state index is 4.67. The molecule has 3 aromatic rings. The van der Waals surface area contributed by atoms with Crippen molar-refractivity contribution in [3.05, 3.63) is 84.1 Å². The second kappa shape index (κ2) is 6.69. The van der Waals surface area contributed by atoms with Gasteiger partial charge in [-0.3, -0.25) is 9.88 Å². The van der Waals surface area contributed by atoms with Crippen LogP contribution in [0, 0.1) is 5.92 Å². The second-order valence-electron chi connectivity index (χ2n) is 7.66. The Bertz CT molecular complexity index is 945. The highest BCUT2D eigenvalue weighted by Gasteiger charge is 2.36. The highest BCUT2D eigenvalue weighted by molar-refractivity contribution is 5.82. The predicted octanol–water partition coefficient (Wildman–Crippen LogP) is 5.30. The molecule has 2 nitrogen and oxygen atoms in total. The van der Waals surface area contributed by atoms with Crippen LogP contribution >= 0.6 is 0 Å². The number of hydrogen-bond donors (Lipinski definition) is 0. The molecular formula is C24H24N2. The Labute approximate surface area is 155 Å². The minimum absolute atomic E-state index is 0.668. The van der Waals surface area contributed by atoms with Crippen LogP contribution < -0.4 is 0 Å². The van der Waals surface area contributed by atoms with Gasteiger partial charge < -0.3 is 0 Å². The molecule has 1 aliphatic heterocycles. The lowest BCUT2D eigenvalue weighted by Gasteiger charge is -2.32. The number of pyridine rings is 1. The van der Waals surface area contributed by atoms with Gasteiger partial charge in [0.1, 0.15) is 0 Å². The van der Waals surface area contributed by atoms with Crippen LogP contribution in [0.1, 0.15) is 30.4 Å². The Balaban J connectivity index is 1.38. The van der Waals surface area contributed by atoms with E-state index in [0.29, 0.717) is 6.04 Å². The van der Waals surface area contributed by atoms with E-state index in [2.05, 4.69) is 82.8 Å². The topological polar surface area (TPSA) is 16.1 Å². The van der Waals surface area contributed by atoms with Crippen molar-refractivity contribution in [1.82, 2.24) is 9.88 Å². The monoisotopic (exact) mass is 340 g/mol. The molecule has 1 aromatic heterocycles. The maximum absolute atomic E-state index is 4.67. The Morgan fingerprint density at radius 3 is 2.77 bits per heavy atom. The zero-order chi connectivity index (χ0) is 17.3. The molecule has 26 heavy (non-hydrogen) atoms. The van der Waals surface area contributed by atoms with E-state index in [9.17, 15) is 0 Å². The van der Waals surface area contributed by atoms with E-state index < -0.39 is 0 Å². The Kier molecular flexibility index (Phi) is 4.06. The first kappa shape index (κ1) is 15.8. The summed E-state index contributed by atoms with van der Waals surface area (Å²) in [6.45, 7) is 2.30. The predicted molar refractivity (Wildman–Crippen MR) is 108 cm³/mol. The number of hydrogen-bond acceptors (Lipinski definition) is 2. The SMILES string of the molecule is C1=C(c2cnc3ccccc3c2)CC2C(C1)CCN2Cc1ccccc1. The molecule has 2 heterocycles. The molecule has 0 saturated carbocycles. The van der Waals surface area contributed by atoms with E-state index in [-0.39, 0.29) is 0 Å². The van der Waals surface area contributed by atoms with Crippen molar-refractivity contribution in [2.75, 3.05) is 6.54 Å². The third kappa shape index (κ3) is 2.95. The molecule has 0 radical (unpaired) electrons. The zero-order valence-electron chi connectivity index (χ0n) is 15.0. The van der Waals surface area contributed by atoms with E-state index in [0.717, 1.165) is 24.4 Å². The number of fused-ring (bicyclic) bond motifs is 2. The number of nitrogens with zero attached hydrogens (tertiary/aromatic N) is 2. The molecule has 5 rings (SSSR count). The molecule has 2 aromatic carbocycles. The zero-order valence-corrected chi connectivity index (χ0v) is 15.0.